The van der Waals surface area contributed by atoms with Crippen LogP contribution in [0.15, 0.2) is 24.3 Å². The Labute approximate surface area is 77.5 Å². The van der Waals surface area contributed by atoms with Crippen LogP contribution in [0, 0.1) is 5.82 Å². The minimum Gasteiger partial charge on any atom is -0.375 e. The normalized spacial score (nSPS) is 12.8. The fourth-order valence-electron chi connectivity index (χ4n) is 0.970. The van der Waals surface area contributed by atoms with Crippen molar-refractivity contribution in [3.63, 3.8) is 0 Å². The highest BCUT2D eigenvalue weighted by molar-refractivity contribution is 5.16. The summed E-state index contributed by atoms with van der Waals surface area (Å²) >= 11 is 0. The van der Waals surface area contributed by atoms with Crippen LogP contribution in [0.25, 0.3) is 0 Å². The average Bonchev–Trinajstić information content (AvgIpc) is 2.08. The lowest BCUT2D eigenvalue weighted by atomic mass is 10.2. The second-order valence-corrected chi connectivity index (χ2v) is 3.08. The molecule has 0 amide bonds. The highest BCUT2D eigenvalue weighted by Gasteiger charge is 2.00. The molecule has 72 valence electrons. The third-order valence-corrected chi connectivity index (χ3v) is 1.60. The van der Waals surface area contributed by atoms with Crippen molar-refractivity contribution in [2.45, 2.75) is 19.6 Å². The molecule has 0 aliphatic heterocycles. The van der Waals surface area contributed by atoms with E-state index in [1.165, 1.54) is 6.07 Å². The summed E-state index contributed by atoms with van der Waals surface area (Å²) in [5, 5.41) is 0. The van der Waals surface area contributed by atoms with E-state index in [9.17, 15) is 4.39 Å². The summed E-state index contributed by atoms with van der Waals surface area (Å²) in [6.45, 7) is 2.59. The Balaban J connectivity index is 2.41. The molecule has 0 aliphatic rings. The highest BCUT2D eigenvalue weighted by atomic mass is 19.1. The molecule has 0 bridgehead atoms. The fraction of sp³-hybridized carbons (Fsp3) is 0.400. The molecule has 3 heteroatoms. The van der Waals surface area contributed by atoms with Crippen LogP contribution < -0.4 is 5.73 Å². The molecule has 2 N–H and O–H groups in total. The van der Waals surface area contributed by atoms with Crippen molar-refractivity contribution < 1.29 is 9.13 Å². The summed E-state index contributed by atoms with van der Waals surface area (Å²) in [6.07, 6.45) is 0. The smallest absolute Gasteiger partial charge is 0.128 e. The van der Waals surface area contributed by atoms with Crippen molar-refractivity contribution in [1.82, 2.24) is 0 Å². The van der Waals surface area contributed by atoms with Crippen LogP contribution in [0.5, 0.6) is 0 Å². The molecule has 13 heavy (non-hydrogen) atoms. The molecule has 0 unspecified atom stereocenters. The van der Waals surface area contributed by atoms with Gasteiger partial charge in [0.1, 0.15) is 5.82 Å². The van der Waals surface area contributed by atoms with Gasteiger partial charge in [-0.25, -0.2) is 4.39 Å². The molecule has 0 heterocycles. The van der Waals surface area contributed by atoms with Gasteiger partial charge in [0.2, 0.25) is 0 Å². The van der Waals surface area contributed by atoms with Crippen LogP contribution in [0.4, 0.5) is 4.39 Å². The van der Waals surface area contributed by atoms with Gasteiger partial charge in [0.05, 0.1) is 13.2 Å². The van der Waals surface area contributed by atoms with Crippen molar-refractivity contribution in [2.75, 3.05) is 6.61 Å². The molecule has 0 spiro atoms. The zero-order chi connectivity index (χ0) is 9.68. The Hall–Kier alpha value is -0.930. The van der Waals surface area contributed by atoms with E-state index >= 15 is 0 Å². The third kappa shape index (κ3) is 3.53. The monoisotopic (exact) mass is 183 g/mol. The van der Waals surface area contributed by atoms with E-state index in [0.717, 1.165) is 0 Å². The zero-order valence-electron chi connectivity index (χ0n) is 7.66. The summed E-state index contributed by atoms with van der Waals surface area (Å²) in [4.78, 5) is 0. The Kier molecular flexibility index (Phi) is 3.86. The topological polar surface area (TPSA) is 35.2 Å². The molecular formula is C10H14FNO. The van der Waals surface area contributed by atoms with Crippen LogP contribution in [0.3, 0.4) is 0 Å². The van der Waals surface area contributed by atoms with Crippen LogP contribution in [0.1, 0.15) is 12.5 Å². The van der Waals surface area contributed by atoms with Crippen LogP contribution in [0.2, 0.25) is 0 Å². The molecule has 0 saturated carbocycles. The first kappa shape index (κ1) is 10.2. The van der Waals surface area contributed by atoms with Gasteiger partial charge in [0, 0.05) is 11.6 Å². The molecule has 0 fully saturated rings. The molecule has 0 saturated heterocycles. The van der Waals surface area contributed by atoms with Crippen molar-refractivity contribution in [3.8, 4) is 0 Å². The van der Waals surface area contributed by atoms with Crippen LogP contribution >= 0.6 is 0 Å². The number of benzene rings is 1. The lowest BCUT2D eigenvalue weighted by molar-refractivity contribution is 0.109. The maximum absolute atomic E-state index is 13.0. The first-order valence-electron chi connectivity index (χ1n) is 4.27. The van der Waals surface area contributed by atoms with E-state index in [2.05, 4.69) is 0 Å². The average molecular weight is 183 g/mol. The van der Waals surface area contributed by atoms with Gasteiger partial charge in [0.25, 0.3) is 0 Å². The zero-order valence-corrected chi connectivity index (χ0v) is 7.66. The number of ether oxygens (including phenoxy) is 1. The van der Waals surface area contributed by atoms with E-state index in [-0.39, 0.29) is 18.5 Å². The lowest BCUT2D eigenvalue weighted by Gasteiger charge is -2.07. The molecule has 1 aromatic rings. The first-order chi connectivity index (χ1) is 6.20. The minimum atomic E-state index is -0.229. The Morgan fingerprint density at radius 3 is 2.77 bits per heavy atom. The third-order valence-electron chi connectivity index (χ3n) is 1.60. The number of hydrogen-bond donors (Lipinski definition) is 1. The molecule has 1 aromatic carbocycles. The van der Waals surface area contributed by atoms with Crippen molar-refractivity contribution in [3.05, 3.63) is 35.6 Å². The quantitative estimate of drug-likeness (QED) is 0.771. The molecule has 0 aliphatic carbocycles. The van der Waals surface area contributed by atoms with Crippen LogP contribution in [-0.2, 0) is 11.3 Å². The second-order valence-electron chi connectivity index (χ2n) is 3.08. The predicted molar refractivity (Wildman–Crippen MR) is 49.7 cm³/mol. The molecule has 0 aromatic heterocycles. The molecule has 0 radical (unpaired) electrons. The van der Waals surface area contributed by atoms with Gasteiger partial charge in [-0.05, 0) is 13.0 Å². The van der Waals surface area contributed by atoms with Gasteiger partial charge >= 0.3 is 0 Å². The maximum atomic E-state index is 13.0. The molecule has 1 atom stereocenters. The lowest BCUT2D eigenvalue weighted by Crippen LogP contribution is -2.21. The Bertz CT molecular complexity index is 263. The maximum Gasteiger partial charge on any atom is 0.128 e. The fourth-order valence-corrected chi connectivity index (χ4v) is 0.970. The molecular weight excluding hydrogens is 169 g/mol. The van der Waals surface area contributed by atoms with E-state index in [1.54, 1.807) is 18.2 Å². The van der Waals surface area contributed by atoms with Gasteiger partial charge in [-0.2, -0.15) is 0 Å². The number of halogens is 1. The molecule has 1 rings (SSSR count). The van der Waals surface area contributed by atoms with E-state index < -0.39 is 0 Å². The van der Waals surface area contributed by atoms with E-state index in [1.807, 2.05) is 6.92 Å². The first-order valence-corrected chi connectivity index (χ1v) is 4.27. The summed E-state index contributed by atoms with van der Waals surface area (Å²) in [6, 6.07) is 6.56. The van der Waals surface area contributed by atoms with Gasteiger partial charge in [-0.1, -0.05) is 18.2 Å². The number of nitrogens with two attached hydrogens (primary N) is 1. The SMILES string of the molecule is C[C@H](N)COCc1ccccc1F. The highest BCUT2D eigenvalue weighted by Crippen LogP contribution is 2.07. The summed E-state index contributed by atoms with van der Waals surface area (Å²) in [5.41, 5.74) is 6.05. The number of hydrogen-bond acceptors (Lipinski definition) is 2. The largest absolute Gasteiger partial charge is 0.375 e. The van der Waals surface area contributed by atoms with E-state index in [4.69, 9.17) is 10.5 Å². The van der Waals surface area contributed by atoms with E-state index in [0.29, 0.717) is 12.2 Å². The van der Waals surface area contributed by atoms with Crippen LogP contribution in [-0.4, -0.2) is 12.6 Å². The molecule has 2 nitrogen and oxygen atoms in total. The Morgan fingerprint density at radius 1 is 1.46 bits per heavy atom. The number of rotatable bonds is 4. The summed E-state index contributed by atoms with van der Waals surface area (Å²) in [5.74, 6) is -0.229. The predicted octanol–water partition coefficient (Wildman–Crippen LogP) is 1.69. The second kappa shape index (κ2) is 4.94. The van der Waals surface area contributed by atoms with Gasteiger partial charge in [-0.3, -0.25) is 0 Å². The standard InChI is InChI=1S/C10H14FNO/c1-8(12)6-13-7-9-4-2-3-5-10(9)11/h2-5,8H,6-7,12H2,1H3/t8-/m0/s1. The van der Waals surface area contributed by atoms with Gasteiger partial charge < -0.3 is 10.5 Å². The van der Waals surface area contributed by atoms with Crippen molar-refractivity contribution in [1.29, 1.82) is 0 Å². The van der Waals surface area contributed by atoms with Gasteiger partial charge in [0.15, 0.2) is 0 Å². The van der Waals surface area contributed by atoms with Crippen molar-refractivity contribution in [2.24, 2.45) is 5.73 Å². The summed E-state index contributed by atoms with van der Waals surface area (Å²) in [7, 11) is 0. The minimum absolute atomic E-state index is 0.00762. The van der Waals surface area contributed by atoms with Crippen molar-refractivity contribution >= 4 is 0 Å². The summed E-state index contributed by atoms with van der Waals surface area (Å²) < 4.78 is 18.2. The Morgan fingerprint density at radius 2 is 2.15 bits per heavy atom. The van der Waals surface area contributed by atoms with Gasteiger partial charge in [-0.15, -0.1) is 0 Å².